The van der Waals surface area contributed by atoms with E-state index in [-0.39, 0.29) is 17.7 Å². The topological polar surface area (TPSA) is 61.4 Å². The summed E-state index contributed by atoms with van der Waals surface area (Å²) >= 11 is 5.64. The maximum absolute atomic E-state index is 13.0. The Kier molecular flexibility index (Phi) is 5.75. The largest absolute Gasteiger partial charge is 0.392 e. The van der Waals surface area contributed by atoms with Crippen molar-refractivity contribution in [1.82, 2.24) is 5.32 Å². The zero-order valence-electron chi connectivity index (χ0n) is 11.8. The quantitative estimate of drug-likeness (QED) is 0.790. The molecule has 2 rings (SSSR count). The number of hydrogen-bond donors (Lipinski definition) is 3. The second-order valence-electron chi connectivity index (χ2n) is 4.73. The van der Waals surface area contributed by atoms with Gasteiger partial charge in [0.15, 0.2) is 0 Å². The Morgan fingerprint density at radius 1 is 1.14 bits per heavy atom. The zero-order chi connectivity index (χ0) is 15.9. The Bertz CT molecular complexity index is 647. The van der Waals surface area contributed by atoms with Gasteiger partial charge in [0.2, 0.25) is 0 Å². The molecule has 0 bridgehead atoms. The van der Waals surface area contributed by atoms with Crippen molar-refractivity contribution in [2.45, 2.75) is 13.0 Å². The van der Waals surface area contributed by atoms with Gasteiger partial charge < -0.3 is 15.7 Å². The molecule has 0 spiro atoms. The van der Waals surface area contributed by atoms with Crippen molar-refractivity contribution >= 4 is 23.3 Å². The third kappa shape index (κ3) is 4.72. The fourth-order valence-electron chi connectivity index (χ4n) is 1.88. The van der Waals surface area contributed by atoms with Gasteiger partial charge in [-0.2, -0.15) is 0 Å². The number of benzene rings is 2. The van der Waals surface area contributed by atoms with Crippen LogP contribution in [0.3, 0.4) is 0 Å². The van der Waals surface area contributed by atoms with Gasteiger partial charge in [-0.15, -0.1) is 0 Å². The van der Waals surface area contributed by atoms with E-state index in [1.165, 1.54) is 18.2 Å². The Morgan fingerprint density at radius 2 is 1.82 bits per heavy atom. The molecule has 6 heteroatoms. The first kappa shape index (κ1) is 16.3. The lowest BCUT2D eigenvalue weighted by atomic mass is 10.1. The Labute approximate surface area is 132 Å². The van der Waals surface area contributed by atoms with Crippen LogP contribution in [-0.4, -0.2) is 17.7 Å². The molecule has 0 aromatic heterocycles. The minimum atomic E-state index is -0.529. The van der Waals surface area contributed by atoms with Crippen LogP contribution in [0.1, 0.15) is 11.1 Å². The lowest BCUT2D eigenvalue weighted by Crippen LogP contribution is -2.30. The number of anilines is 1. The van der Waals surface area contributed by atoms with Crippen LogP contribution >= 0.6 is 11.6 Å². The minimum absolute atomic E-state index is 0.0150. The average Bonchev–Trinajstić information content (AvgIpc) is 2.51. The number of rotatable bonds is 5. The van der Waals surface area contributed by atoms with E-state index >= 15 is 0 Å². The van der Waals surface area contributed by atoms with E-state index in [2.05, 4.69) is 10.6 Å². The summed E-state index contributed by atoms with van der Waals surface area (Å²) in [7, 11) is 0. The fraction of sp³-hybridized carbons (Fsp3) is 0.188. The molecule has 0 aliphatic heterocycles. The summed E-state index contributed by atoms with van der Waals surface area (Å²) in [5.74, 6) is -0.529. The van der Waals surface area contributed by atoms with Crippen LogP contribution in [0.2, 0.25) is 5.02 Å². The maximum Gasteiger partial charge on any atom is 0.319 e. The third-order valence-corrected chi connectivity index (χ3v) is 3.37. The molecule has 0 saturated carbocycles. The lowest BCUT2D eigenvalue weighted by molar-refractivity contribution is 0.252. The highest BCUT2D eigenvalue weighted by molar-refractivity contribution is 6.31. The highest BCUT2D eigenvalue weighted by atomic mass is 35.5. The van der Waals surface area contributed by atoms with Crippen molar-refractivity contribution < 1.29 is 14.3 Å². The highest BCUT2D eigenvalue weighted by Crippen LogP contribution is 2.19. The Morgan fingerprint density at radius 3 is 2.45 bits per heavy atom. The van der Waals surface area contributed by atoms with Crippen molar-refractivity contribution in [1.29, 1.82) is 0 Å². The summed E-state index contributed by atoms with van der Waals surface area (Å²) in [5, 5.41) is 14.2. The lowest BCUT2D eigenvalue weighted by Gasteiger charge is -2.08. The fourth-order valence-corrected chi connectivity index (χ4v) is 2.06. The number of urea groups is 1. The van der Waals surface area contributed by atoms with Crippen LogP contribution in [0.4, 0.5) is 14.9 Å². The van der Waals surface area contributed by atoms with Gasteiger partial charge in [0.05, 0.1) is 11.6 Å². The van der Waals surface area contributed by atoms with Crippen molar-refractivity contribution in [2.75, 3.05) is 11.9 Å². The second kappa shape index (κ2) is 7.77. The molecule has 0 radical (unpaired) electrons. The summed E-state index contributed by atoms with van der Waals surface area (Å²) in [6, 6.07) is 11.1. The molecule has 4 nitrogen and oxygen atoms in total. The van der Waals surface area contributed by atoms with E-state index in [9.17, 15) is 9.18 Å². The van der Waals surface area contributed by atoms with Gasteiger partial charge in [-0.3, -0.25) is 0 Å². The SMILES string of the molecule is O=C(NCCc1ccc(CO)cc1)Nc1ccc(F)c(Cl)c1. The smallest absolute Gasteiger partial charge is 0.319 e. The molecular weight excluding hydrogens is 307 g/mol. The Hall–Kier alpha value is -2.11. The van der Waals surface area contributed by atoms with Gasteiger partial charge in [-0.1, -0.05) is 35.9 Å². The van der Waals surface area contributed by atoms with E-state index in [1.54, 1.807) is 0 Å². The molecule has 22 heavy (non-hydrogen) atoms. The first-order chi connectivity index (χ1) is 10.6. The predicted molar refractivity (Wildman–Crippen MR) is 84.5 cm³/mol. The summed E-state index contributed by atoms with van der Waals surface area (Å²) in [4.78, 5) is 11.7. The molecule has 116 valence electrons. The van der Waals surface area contributed by atoms with Crippen molar-refractivity contribution in [3.05, 3.63) is 64.4 Å². The number of hydrogen-bond acceptors (Lipinski definition) is 2. The molecule has 0 saturated heterocycles. The third-order valence-electron chi connectivity index (χ3n) is 3.08. The van der Waals surface area contributed by atoms with Gasteiger partial charge in [0.1, 0.15) is 5.82 Å². The summed E-state index contributed by atoms with van der Waals surface area (Å²) in [6.45, 7) is 0.473. The van der Waals surface area contributed by atoms with Crippen LogP contribution in [0.15, 0.2) is 42.5 Å². The number of aliphatic hydroxyl groups excluding tert-OH is 1. The molecule has 0 heterocycles. The van der Waals surface area contributed by atoms with E-state index < -0.39 is 5.82 Å². The van der Waals surface area contributed by atoms with E-state index in [0.717, 1.165) is 11.1 Å². The number of carbonyl (C=O) groups excluding carboxylic acids is 1. The Balaban J connectivity index is 1.78. The van der Waals surface area contributed by atoms with Gasteiger partial charge in [-0.25, -0.2) is 9.18 Å². The number of aliphatic hydroxyl groups is 1. The molecule has 0 unspecified atom stereocenters. The van der Waals surface area contributed by atoms with E-state index in [1.807, 2.05) is 24.3 Å². The second-order valence-corrected chi connectivity index (χ2v) is 5.14. The average molecular weight is 323 g/mol. The van der Waals surface area contributed by atoms with Crippen LogP contribution in [0.25, 0.3) is 0 Å². The zero-order valence-corrected chi connectivity index (χ0v) is 12.5. The minimum Gasteiger partial charge on any atom is -0.392 e. The van der Waals surface area contributed by atoms with Crippen molar-refractivity contribution in [2.24, 2.45) is 0 Å². The standard InChI is InChI=1S/C16H16ClFN2O2/c17-14-9-13(5-6-15(14)18)20-16(22)19-8-7-11-1-3-12(10-21)4-2-11/h1-6,9,21H,7-8,10H2,(H2,19,20,22). The number of nitrogens with one attached hydrogen (secondary N) is 2. The van der Waals surface area contributed by atoms with Crippen LogP contribution in [0, 0.1) is 5.82 Å². The van der Waals surface area contributed by atoms with E-state index in [0.29, 0.717) is 18.7 Å². The molecule has 2 aromatic carbocycles. The monoisotopic (exact) mass is 322 g/mol. The molecular formula is C16H16ClFN2O2. The first-order valence-electron chi connectivity index (χ1n) is 6.77. The van der Waals surface area contributed by atoms with Gasteiger partial charge in [-0.05, 0) is 35.7 Å². The van der Waals surface area contributed by atoms with Gasteiger partial charge in [0, 0.05) is 12.2 Å². The first-order valence-corrected chi connectivity index (χ1v) is 7.15. The predicted octanol–water partition coefficient (Wildman–Crippen LogP) is 3.34. The normalized spacial score (nSPS) is 10.3. The maximum atomic E-state index is 13.0. The number of amides is 2. The summed E-state index contributed by atoms with van der Waals surface area (Å²) in [5.41, 5.74) is 2.33. The van der Waals surface area contributed by atoms with Crippen molar-refractivity contribution in [3.8, 4) is 0 Å². The molecule has 0 aliphatic rings. The number of carbonyl (C=O) groups is 1. The van der Waals surface area contributed by atoms with Gasteiger partial charge >= 0.3 is 6.03 Å². The van der Waals surface area contributed by atoms with Gasteiger partial charge in [0.25, 0.3) is 0 Å². The molecule has 2 amide bonds. The molecule has 2 aromatic rings. The summed E-state index contributed by atoms with van der Waals surface area (Å²) < 4.78 is 13.0. The van der Waals surface area contributed by atoms with Crippen LogP contribution < -0.4 is 10.6 Å². The molecule has 0 atom stereocenters. The van der Waals surface area contributed by atoms with E-state index in [4.69, 9.17) is 16.7 Å². The highest BCUT2D eigenvalue weighted by Gasteiger charge is 2.04. The van der Waals surface area contributed by atoms with Crippen LogP contribution in [-0.2, 0) is 13.0 Å². The molecule has 0 aliphatic carbocycles. The van der Waals surface area contributed by atoms with Crippen LogP contribution in [0.5, 0.6) is 0 Å². The number of halogens is 2. The summed E-state index contributed by atoms with van der Waals surface area (Å²) in [6.07, 6.45) is 0.670. The molecule has 3 N–H and O–H groups in total. The van der Waals surface area contributed by atoms with Crippen molar-refractivity contribution in [3.63, 3.8) is 0 Å². The molecule has 0 fully saturated rings.